The number of nitrogens with zero attached hydrogens (tertiary/aromatic N) is 2. The zero-order valence-corrected chi connectivity index (χ0v) is 13.4. The smallest absolute Gasteiger partial charge is 0.331 e. The molecular weight excluding hydrogens is 316 g/mol. The van der Waals surface area contributed by atoms with Crippen LogP contribution in [0.2, 0.25) is 0 Å². The molecule has 0 saturated carbocycles. The molecular formula is C20H16N2O3. The summed E-state index contributed by atoms with van der Waals surface area (Å²) < 4.78 is 0. The van der Waals surface area contributed by atoms with E-state index < -0.39 is 12.0 Å². The molecule has 0 spiro atoms. The van der Waals surface area contributed by atoms with E-state index in [0.29, 0.717) is 24.1 Å². The van der Waals surface area contributed by atoms with Crippen molar-refractivity contribution in [2.24, 2.45) is 0 Å². The lowest BCUT2D eigenvalue weighted by atomic mass is 9.92. The fourth-order valence-corrected chi connectivity index (χ4v) is 3.43. The van der Waals surface area contributed by atoms with Crippen molar-refractivity contribution in [3.8, 4) is 0 Å². The summed E-state index contributed by atoms with van der Waals surface area (Å²) in [6.07, 6.45) is 2.35. The summed E-state index contributed by atoms with van der Waals surface area (Å²) in [5.74, 6) is -1.28. The van der Waals surface area contributed by atoms with Crippen LogP contribution in [0, 0.1) is 0 Å². The van der Waals surface area contributed by atoms with Crippen molar-refractivity contribution < 1.29 is 14.7 Å². The standard InChI is InChI=1S/C20H16N2O3/c23-19(15-7-8-17-14(12-15)5-3-10-21-17)22-11-9-13-4-1-2-6-16(13)18(22)20(24)25/h1-8,10,12,18H,9,11H2,(H,24,25). The Morgan fingerprint density at radius 2 is 1.92 bits per heavy atom. The topological polar surface area (TPSA) is 70.5 Å². The average Bonchev–Trinajstić information content (AvgIpc) is 2.66. The lowest BCUT2D eigenvalue weighted by molar-refractivity contribution is -0.143. The van der Waals surface area contributed by atoms with E-state index in [-0.39, 0.29) is 5.91 Å². The number of aromatic nitrogens is 1. The van der Waals surface area contributed by atoms with Crippen LogP contribution in [0.5, 0.6) is 0 Å². The molecule has 4 rings (SSSR count). The van der Waals surface area contributed by atoms with Gasteiger partial charge in [0, 0.05) is 23.7 Å². The van der Waals surface area contributed by atoms with Gasteiger partial charge in [-0.25, -0.2) is 4.79 Å². The molecule has 5 heteroatoms. The summed E-state index contributed by atoms with van der Waals surface area (Å²) in [6, 6.07) is 15.4. The fraction of sp³-hybridized carbons (Fsp3) is 0.150. The Kier molecular flexibility index (Phi) is 3.69. The first-order valence-corrected chi connectivity index (χ1v) is 8.11. The normalized spacial score (nSPS) is 16.5. The number of carboxylic acids is 1. The lowest BCUT2D eigenvalue weighted by Crippen LogP contribution is -2.43. The third-order valence-electron chi connectivity index (χ3n) is 4.63. The van der Waals surface area contributed by atoms with Gasteiger partial charge in [-0.1, -0.05) is 30.3 Å². The molecule has 3 aromatic rings. The Balaban J connectivity index is 1.74. The van der Waals surface area contributed by atoms with Gasteiger partial charge in [-0.15, -0.1) is 0 Å². The van der Waals surface area contributed by atoms with Gasteiger partial charge in [0.1, 0.15) is 0 Å². The molecule has 1 unspecified atom stereocenters. The molecule has 1 N–H and O–H groups in total. The van der Waals surface area contributed by atoms with Gasteiger partial charge in [-0.05, 0) is 41.8 Å². The van der Waals surface area contributed by atoms with Crippen LogP contribution in [-0.2, 0) is 11.2 Å². The molecule has 1 aliphatic rings. The van der Waals surface area contributed by atoms with Crippen molar-refractivity contribution >= 4 is 22.8 Å². The van der Waals surface area contributed by atoms with E-state index in [4.69, 9.17) is 0 Å². The van der Waals surface area contributed by atoms with E-state index in [1.54, 1.807) is 30.5 Å². The number of pyridine rings is 1. The molecule has 0 bridgehead atoms. The third-order valence-corrected chi connectivity index (χ3v) is 4.63. The Labute approximate surface area is 144 Å². The van der Waals surface area contributed by atoms with Crippen molar-refractivity contribution in [1.29, 1.82) is 0 Å². The Morgan fingerprint density at radius 1 is 1.08 bits per heavy atom. The molecule has 5 nitrogen and oxygen atoms in total. The summed E-state index contributed by atoms with van der Waals surface area (Å²) in [4.78, 5) is 30.6. The second kappa shape index (κ2) is 6.02. The highest BCUT2D eigenvalue weighted by molar-refractivity contribution is 6.00. The van der Waals surface area contributed by atoms with Crippen molar-refractivity contribution in [2.45, 2.75) is 12.5 Å². The van der Waals surface area contributed by atoms with Crippen LogP contribution in [0.15, 0.2) is 60.8 Å². The Morgan fingerprint density at radius 3 is 2.76 bits per heavy atom. The molecule has 1 aromatic heterocycles. The highest BCUT2D eigenvalue weighted by atomic mass is 16.4. The van der Waals surface area contributed by atoms with E-state index in [1.165, 1.54) is 4.90 Å². The number of carbonyl (C=O) groups excluding carboxylic acids is 1. The zero-order chi connectivity index (χ0) is 17.4. The second-order valence-corrected chi connectivity index (χ2v) is 6.10. The van der Waals surface area contributed by atoms with E-state index in [2.05, 4.69) is 4.98 Å². The van der Waals surface area contributed by atoms with Gasteiger partial charge in [0.2, 0.25) is 0 Å². The second-order valence-electron chi connectivity index (χ2n) is 6.10. The van der Waals surface area contributed by atoms with Crippen LogP contribution in [0.4, 0.5) is 0 Å². The van der Waals surface area contributed by atoms with Gasteiger partial charge in [0.25, 0.3) is 5.91 Å². The van der Waals surface area contributed by atoms with Gasteiger partial charge in [-0.3, -0.25) is 9.78 Å². The summed E-state index contributed by atoms with van der Waals surface area (Å²) in [5.41, 5.74) is 2.96. The maximum Gasteiger partial charge on any atom is 0.331 e. The predicted molar refractivity (Wildman–Crippen MR) is 93.3 cm³/mol. The minimum atomic E-state index is -1.01. The summed E-state index contributed by atoms with van der Waals surface area (Å²) >= 11 is 0. The van der Waals surface area contributed by atoms with Crippen LogP contribution >= 0.6 is 0 Å². The third kappa shape index (κ3) is 2.63. The van der Waals surface area contributed by atoms with Gasteiger partial charge in [0.15, 0.2) is 6.04 Å². The maximum atomic E-state index is 13.0. The number of carbonyl (C=O) groups is 2. The molecule has 0 radical (unpaired) electrons. The molecule has 0 saturated heterocycles. The first kappa shape index (κ1) is 15.3. The number of hydrogen-bond acceptors (Lipinski definition) is 3. The van der Waals surface area contributed by atoms with E-state index >= 15 is 0 Å². The molecule has 0 aliphatic carbocycles. The zero-order valence-electron chi connectivity index (χ0n) is 13.4. The van der Waals surface area contributed by atoms with Crippen molar-refractivity contribution in [1.82, 2.24) is 9.88 Å². The molecule has 1 aliphatic heterocycles. The Hall–Kier alpha value is -3.21. The molecule has 1 atom stereocenters. The molecule has 2 heterocycles. The predicted octanol–water partition coefficient (Wildman–Crippen LogP) is 3.06. The minimum Gasteiger partial charge on any atom is -0.479 e. The number of amides is 1. The number of benzene rings is 2. The van der Waals surface area contributed by atoms with Crippen LogP contribution in [-0.4, -0.2) is 33.4 Å². The lowest BCUT2D eigenvalue weighted by Gasteiger charge is -2.34. The number of fused-ring (bicyclic) bond motifs is 2. The van der Waals surface area contributed by atoms with Crippen molar-refractivity contribution in [3.05, 3.63) is 77.5 Å². The monoisotopic (exact) mass is 332 g/mol. The highest BCUT2D eigenvalue weighted by Gasteiger charge is 2.36. The minimum absolute atomic E-state index is 0.271. The molecule has 25 heavy (non-hydrogen) atoms. The number of hydrogen-bond donors (Lipinski definition) is 1. The van der Waals surface area contributed by atoms with Crippen molar-refractivity contribution in [2.75, 3.05) is 6.54 Å². The van der Waals surface area contributed by atoms with Crippen LogP contribution in [0.1, 0.15) is 27.5 Å². The van der Waals surface area contributed by atoms with Gasteiger partial charge in [0.05, 0.1) is 5.52 Å². The van der Waals surface area contributed by atoms with Gasteiger partial charge in [-0.2, -0.15) is 0 Å². The highest BCUT2D eigenvalue weighted by Crippen LogP contribution is 2.31. The summed E-state index contributed by atoms with van der Waals surface area (Å²) in [7, 11) is 0. The molecule has 0 fully saturated rings. The largest absolute Gasteiger partial charge is 0.479 e. The number of rotatable bonds is 2. The van der Waals surface area contributed by atoms with Crippen molar-refractivity contribution in [3.63, 3.8) is 0 Å². The summed E-state index contributed by atoms with van der Waals surface area (Å²) in [5, 5.41) is 10.6. The number of aliphatic carboxylic acids is 1. The molecule has 124 valence electrons. The van der Waals surface area contributed by atoms with Crippen LogP contribution in [0.25, 0.3) is 10.9 Å². The maximum absolute atomic E-state index is 13.0. The fourth-order valence-electron chi connectivity index (χ4n) is 3.43. The average molecular weight is 332 g/mol. The summed E-state index contributed by atoms with van der Waals surface area (Å²) in [6.45, 7) is 0.387. The van der Waals surface area contributed by atoms with E-state index in [9.17, 15) is 14.7 Å². The molecule has 1 amide bonds. The first-order valence-electron chi connectivity index (χ1n) is 8.11. The van der Waals surface area contributed by atoms with E-state index in [1.807, 2.05) is 30.3 Å². The SMILES string of the molecule is O=C(O)C1c2ccccc2CCN1C(=O)c1ccc2ncccc2c1. The quantitative estimate of drug-likeness (QED) is 0.783. The van der Waals surface area contributed by atoms with Gasteiger partial charge >= 0.3 is 5.97 Å². The van der Waals surface area contributed by atoms with Crippen LogP contribution < -0.4 is 0 Å². The van der Waals surface area contributed by atoms with E-state index in [0.717, 1.165) is 16.5 Å². The van der Waals surface area contributed by atoms with Gasteiger partial charge < -0.3 is 10.0 Å². The number of carboxylic acid groups (broad SMARTS) is 1. The van der Waals surface area contributed by atoms with Crippen LogP contribution in [0.3, 0.4) is 0 Å². The first-order chi connectivity index (χ1) is 12.1. The molecule has 2 aromatic carbocycles. The Bertz CT molecular complexity index is 983.